The number of hydrogen-bond acceptors (Lipinski definition) is 3. The highest BCUT2D eigenvalue weighted by molar-refractivity contribution is 5.83. The summed E-state index contributed by atoms with van der Waals surface area (Å²) in [5.74, 6) is -1.03. The third kappa shape index (κ3) is 2.60. The number of amides is 1. The number of likely N-dealkylation sites (tertiary alicyclic amines) is 2. The molecule has 1 amide bonds. The molecule has 0 bridgehead atoms. The lowest BCUT2D eigenvalue weighted by Crippen LogP contribution is -2.49. The zero-order chi connectivity index (χ0) is 12.4. The summed E-state index contributed by atoms with van der Waals surface area (Å²) in [6.45, 7) is 2.07. The number of rotatable bonds is 2. The van der Waals surface area contributed by atoms with Gasteiger partial charge in [0.2, 0.25) is 5.91 Å². The number of carbonyl (C=O) groups excluding carboxylic acids is 1. The Morgan fingerprint density at radius 1 is 1.18 bits per heavy atom. The zero-order valence-corrected chi connectivity index (χ0v) is 10.3. The lowest BCUT2D eigenvalue weighted by Gasteiger charge is -2.34. The van der Waals surface area contributed by atoms with Gasteiger partial charge in [0.1, 0.15) is 0 Å². The second-order valence-corrected chi connectivity index (χ2v) is 5.10. The normalized spacial score (nSPS) is 30.5. The predicted molar refractivity (Wildman–Crippen MR) is 62.6 cm³/mol. The first kappa shape index (κ1) is 12.4. The van der Waals surface area contributed by atoms with Crippen LogP contribution in [-0.4, -0.2) is 59.5 Å². The Hall–Kier alpha value is -1.10. The number of aliphatic carboxylic acids is 1. The molecule has 2 unspecified atom stereocenters. The van der Waals surface area contributed by atoms with Crippen LogP contribution in [0.4, 0.5) is 0 Å². The predicted octanol–water partition coefficient (Wildman–Crippen LogP) is 0.404. The monoisotopic (exact) mass is 240 g/mol. The Morgan fingerprint density at radius 3 is 2.47 bits per heavy atom. The molecule has 2 atom stereocenters. The van der Waals surface area contributed by atoms with Crippen molar-refractivity contribution in [1.29, 1.82) is 0 Å². The fourth-order valence-corrected chi connectivity index (χ4v) is 2.81. The molecule has 0 spiro atoms. The van der Waals surface area contributed by atoms with E-state index in [4.69, 9.17) is 5.11 Å². The number of carbonyl (C=O) groups is 2. The van der Waals surface area contributed by atoms with E-state index in [1.165, 1.54) is 0 Å². The molecule has 96 valence electrons. The molecule has 0 saturated carbocycles. The summed E-state index contributed by atoms with van der Waals surface area (Å²) in [5.41, 5.74) is 0. The SMILES string of the molecule is CN1CCCC1C(=O)N1CCCC(C(=O)O)C1. The number of carboxylic acid groups (broad SMARTS) is 1. The maximum Gasteiger partial charge on any atom is 0.308 e. The number of hydrogen-bond donors (Lipinski definition) is 1. The lowest BCUT2D eigenvalue weighted by molar-refractivity contribution is -0.146. The molecule has 0 radical (unpaired) electrons. The quantitative estimate of drug-likeness (QED) is 0.759. The third-order valence-corrected chi connectivity index (χ3v) is 3.89. The molecule has 1 N–H and O–H groups in total. The van der Waals surface area contributed by atoms with Crippen molar-refractivity contribution in [3.8, 4) is 0 Å². The van der Waals surface area contributed by atoms with Gasteiger partial charge in [-0.2, -0.15) is 0 Å². The van der Waals surface area contributed by atoms with E-state index in [-0.39, 0.29) is 17.9 Å². The molecule has 5 nitrogen and oxygen atoms in total. The van der Waals surface area contributed by atoms with Crippen LogP contribution in [0.15, 0.2) is 0 Å². The van der Waals surface area contributed by atoms with Gasteiger partial charge in [0, 0.05) is 13.1 Å². The maximum absolute atomic E-state index is 12.3. The van der Waals surface area contributed by atoms with Crippen LogP contribution in [0.2, 0.25) is 0 Å². The molecule has 0 aromatic carbocycles. The van der Waals surface area contributed by atoms with Crippen molar-refractivity contribution >= 4 is 11.9 Å². The van der Waals surface area contributed by atoms with Crippen molar-refractivity contribution in [1.82, 2.24) is 9.80 Å². The number of carboxylic acids is 1. The molecule has 2 rings (SSSR count). The minimum atomic E-state index is -0.776. The molecule has 0 aromatic heterocycles. The average molecular weight is 240 g/mol. The van der Waals surface area contributed by atoms with Gasteiger partial charge in [-0.3, -0.25) is 14.5 Å². The van der Waals surface area contributed by atoms with Crippen LogP contribution in [0, 0.1) is 5.92 Å². The molecular weight excluding hydrogens is 220 g/mol. The molecule has 2 saturated heterocycles. The summed E-state index contributed by atoms with van der Waals surface area (Å²) in [5, 5.41) is 9.01. The first-order chi connectivity index (χ1) is 8.09. The molecule has 0 aliphatic carbocycles. The van der Waals surface area contributed by atoms with E-state index in [0.717, 1.165) is 25.8 Å². The van der Waals surface area contributed by atoms with Crippen LogP contribution >= 0.6 is 0 Å². The molecular formula is C12H20N2O3. The van der Waals surface area contributed by atoms with E-state index in [0.29, 0.717) is 19.5 Å². The highest BCUT2D eigenvalue weighted by Crippen LogP contribution is 2.22. The molecule has 17 heavy (non-hydrogen) atoms. The minimum Gasteiger partial charge on any atom is -0.481 e. The summed E-state index contributed by atoms with van der Waals surface area (Å²) in [6, 6.07) is -0.0254. The molecule has 2 aliphatic heterocycles. The van der Waals surface area contributed by atoms with Crippen LogP contribution in [0.25, 0.3) is 0 Å². The topological polar surface area (TPSA) is 60.9 Å². The van der Waals surface area contributed by atoms with Crippen LogP contribution in [-0.2, 0) is 9.59 Å². The van der Waals surface area contributed by atoms with Crippen molar-refractivity contribution in [2.45, 2.75) is 31.7 Å². The van der Waals surface area contributed by atoms with Gasteiger partial charge in [0.15, 0.2) is 0 Å². The number of nitrogens with zero attached hydrogens (tertiary/aromatic N) is 2. The second kappa shape index (κ2) is 5.04. The number of likely N-dealkylation sites (N-methyl/N-ethyl adjacent to an activating group) is 1. The first-order valence-corrected chi connectivity index (χ1v) is 6.31. The Kier molecular flexibility index (Phi) is 3.66. The van der Waals surface area contributed by atoms with Crippen molar-refractivity contribution in [3.05, 3.63) is 0 Å². The van der Waals surface area contributed by atoms with Crippen LogP contribution in [0.3, 0.4) is 0 Å². The van der Waals surface area contributed by atoms with Crippen molar-refractivity contribution in [2.75, 3.05) is 26.7 Å². The van der Waals surface area contributed by atoms with Crippen LogP contribution in [0.5, 0.6) is 0 Å². The van der Waals surface area contributed by atoms with E-state index < -0.39 is 5.97 Å². The highest BCUT2D eigenvalue weighted by atomic mass is 16.4. The van der Waals surface area contributed by atoms with Gasteiger partial charge >= 0.3 is 5.97 Å². The largest absolute Gasteiger partial charge is 0.481 e. The summed E-state index contributed by atoms with van der Waals surface area (Å²) >= 11 is 0. The van der Waals surface area contributed by atoms with Gasteiger partial charge in [0.05, 0.1) is 12.0 Å². The summed E-state index contributed by atoms with van der Waals surface area (Å²) in [4.78, 5) is 27.1. The summed E-state index contributed by atoms with van der Waals surface area (Å²) in [7, 11) is 1.97. The van der Waals surface area contributed by atoms with E-state index >= 15 is 0 Å². The Bertz CT molecular complexity index is 319. The summed E-state index contributed by atoms with van der Waals surface area (Å²) < 4.78 is 0. The van der Waals surface area contributed by atoms with E-state index in [9.17, 15) is 9.59 Å². The van der Waals surface area contributed by atoms with Gasteiger partial charge < -0.3 is 10.0 Å². The van der Waals surface area contributed by atoms with Gasteiger partial charge in [-0.1, -0.05) is 0 Å². The minimum absolute atomic E-state index is 0.0254. The Balaban J connectivity index is 1.97. The molecule has 2 heterocycles. The van der Waals surface area contributed by atoms with Crippen molar-refractivity contribution in [2.24, 2.45) is 5.92 Å². The Labute approximate surface area is 101 Å². The van der Waals surface area contributed by atoms with Crippen molar-refractivity contribution < 1.29 is 14.7 Å². The Morgan fingerprint density at radius 2 is 1.88 bits per heavy atom. The fraction of sp³-hybridized carbons (Fsp3) is 0.833. The molecule has 2 aliphatic rings. The van der Waals surface area contributed by atoms with E-state index in [1.54, 1.807) is 4.90 Å². The van der Waals surface area contributed by atoms with Gasteiger partial charge in [0.25, 0.3) is 0 Å². The second-order valence-electron chi connectivity index (χ2n) is 5.10. The lowest BCUT2D eigenvalue weighted by atomic mass is 9.97. The molecule has 2 fully saturated rings. The average Bonchev–Trinajstić information content (AvgIpc) is 2.74. The maximum atomic E-state index is 12.3. The van der Waals surface area contributed by atoms with Crippen LogP contribution in [0.1, 0.15) is 25.7 Å². The van der Waals surface area contributed by atoms with Gasteiger partial charge in [-0.25, -0.2) is 0 Å². The fourth-order valence-electron chi connectivity index (χ4n) is 2.81. The van der Waals surface area contributed by atoms with E-state index in [2.05, 4.69) is 4.90 Å². The highest BCUT2D eigenvalue weighted by Gasteiger charge is 2.35. The van der Waals surface area contributed by atoms with Gasteiger partial charge in [-0.15, -0.1) is 0 Å². The smallest absolute Gasteiger partial charge is 0.308 e. The van der Waals surface area contributed by atoms with Gasteiger partial charge in [-0.05, 0) is 39.3 Å². The molecule has 0 aromatic rings. The van der Waals surface area contributed by atoms with E-state index in [1.807, 2.05) is 7.05 Å². The van der Waals surface area contributed by atoms with Crippen LogP contribution < -0.4 is 0 Å². The first-order valence-electron chi connectivity index (χ1n) is 6.31. The molecule has 5 heteroatoms. The standard InChI is InChI=1S/C12H20N2O3/c1-13-6-3-5-10(13)11(15)14-7-2-4-9(8-14)12(16)17/h9-10H,2-8H2,1H3,(H,16,17). The third-order valence-electron chi connectivity index (χ3n) is 3.89. The zero-order valence-electron chi connectivity index (χ0n) is 10.3. The van der Waals surface area contributed by atoms with Crippen molar-refractivity contribution in [3.63, 3.8) is 0 Å². The number of piperidine rings is 1. The summed E-state index contributed by atoms with van der Waals surface area (Å²) in [6.07, 6.45) is 3.46.